The number of hydrogen-bond acceptors (Lipinski definition) is 7. The lowest BCUT2D eigenvalue weighted by Crippen LogP contribution is -2.37. The Bertz CT molecular complexity index is 1890. The number of allylic oxidation sites excluding steroid dienone is 24. The minimum Gasteiger partial charge on any atom is -0.462 e. The molecule has 0 amide bonds. The Hall–Kier alpha value is -4.11. The van der Waals surface area contributed by atoms with Crippen molar-refractivity contribution < 1.29 is 42.1 Å². The van der Waals surface area contributed by atoms with Gasteiger partial charge in [-0.1, -0.05) is 262 Å². The molecule has 0 bridgehead atoms. The highest BCUT2D eigenvalue weighted by molar-refractivity contribution is 7.47. The first-order valence-electron chi connectivity index (χ1n) is 32.6. The van der Waals surface area contributed by atoms with Crippen LogP contribution in [0.25, 0.3) is 0 Å². The summed E-state index contributed by atoms with van der Waals surface area (Å²) < 4.78 is 34.6. The van der Waals surface area contributed by atoms with Gasteiger partial charge in [0.25, 0.3) is 0 Å². The van der Waals surface area contributed by atoms with Crippen LogP contribution in [0.3, 0.4) is 0 Å². The highest BCUT2D eigenvalue weighted by Gasteiger charge is 2.27. The Morgan fingerprint density at radius 3 is 0.976 bits per heavy atom. The van der Waals surface area contributed by atoms with Crippen molar-refractivity contribution >= 4 is 19.8 Å². The molecule has 0 spiro atoms. The molecule has 0 fully saturated rings. The van der Waals surface area contributed by atoms with E-state index in [1.54, 1.807) is 0 Å². The number of esters is 2. The number of carbonyl (C=O) groups excluding carboxylic acids is 2. The van der Waals surface area contributed by atoms with E-state index >= 15 is 0 Å². The predicted octanol–water partition coefficient (Wildman–Crippen LogP) is 21.0. The van der Waals surface area contributed by atoms with Gasteiger partial charge in [0.2, 0.25) is 0 Å². The third kappa shape index (κ3) is 65.0. The summed E-state index contributed by atoms with van der Waals surface area (Å²) in [7, 11) is 1.45. The van der Waals surface area contributed by atoms with Gasteiger partial charge in [0, 0.05) is 12.8 Å². The number of phosphoric ester groups is 1. The molecule has 10 heteroatoms. The molecule has 0 aromatic carbocycles. The zero-order valence-corrected chi connectivity index (χ0v) is 53.8. The maximum absolute atomic E-state index is 12.9. The first kappa shape index (κ1) is 77.9. The molecule has 0 aromatic rings. The van der Waals surface area contributed by atoms with E-state index in [0.29, 0.717) is 23.9 Å². The van der Waals surface area contributed by atoms with Gasteiger partial charge in [-0.3, -0.25) is 18.6 Å². The van der Waals surface area contributed by atoms with Gasteiger partial charge < -0.3 is 18.9 Å². The zero-order valence-electron chi connectivity index (χ0n) is 52.9. The van der Waals surface area contributed by atoms with E-state index in [9.17, 15) is 19.0 Å². The summed E-state index contributed by atoms with van der Waals surface area (Å²) in [5.74, 6) is -0.825. The number of phosphoric acid groups is 1. The monoisotopic (exact) mass is 1160 g/mol. The molecule has 9 nitrogen and oxygen atoms in total. The van der Waals surface area contributed by atoms with Crippen LogP contribution in [0.4, 0.5) is 0 Å². The van der Waals surface area contributed by atoms with Crippen LogP contribution >= 0.6 is 7.82 Å². The smallest absolute Gasteiger partial charge is 0.462 e. The minimum atomic E-state index is -4.40. The fraction of sp³-hybridized carbons (Fsp3) is 0.639. The van der Waals surface area contributed by atoms with Crippen molar-refractivity contribution in [1.82, 2.24) is 0 Å². The lowest BCUT2D eigenvalue weighted by atomic mass is 10.0. The molecule has 2 unspecified atom stereocenters. The Kier molecular flexibility index (Phi) is 58.4. The van der Waals surface area contributed by atoms with Gasteiger partial charge in [0.1, 0.15) is 19.8 Å². The second-order valence-corrected chi connectivity index (χ2v) is 23.8. The molecular weight excluding hydrogens is 1040 g/mol. The molecule has 0 radical (unpaired) electrons. The molecule has 82 heavy (non-hydrogen) atoms. The van der Waals surface area contributed by atoms with Crippen molar-refractivity contribution in [2.24, 2.45) is 0 Å². The van der Waals surface area contributed by atoms with Gasteiger partial charge in [0.05, 0.1) is 27.7 Å². The predicted molar refractivity (Wildman–Crippen MR) is 353 cm³/mol. The summed E-state index contributed by atoms with van der Waals surface area (Å²) in [4.78, 5) is 35.8. The number of nitrogens with zero attached hydrogens (tertiary/aromatic N) is 1. The molecule has 0 saturated carbocycles. The Labute approximate surface area is 503 Å². The Morgan fingerprint density at radius 2 is 0.659 bits per heavy atom. The molecule has 0 aliphatic carbocycles. The Morgan fingerprint density at radius 1 is 0.378 bits per heavy atom. The molecule has 0 aliphatic heterocycles. The number of ether oxygens (including phenoxy) is 2. The summed E-state index contributed by atoms with van der Waals surface area (Å²) in [6.45, 7) is 4.18. The van der Waals surface area contributed by atoms with Gasteiger partial charge in [-0.15, -0.1) is 0 Å². The molecular formula is C72H121NO8P+. The van der Waals surface area contributed by atoms with Crippen molar-refractivity contribution in [3.8, 4) is 0 Å². The van der Waals surface area contributed by atoms with E-state index in [0.717, 1.165) is 128 Å². The van der Waals surface area contributed by atoms with E-state index in [2.05, 4.69) is 160 Å². The van der Waals surface area contributed by atoms with Gasteiger partial charge >= 0.3 is 19.8 Å². The summed E-state index contributed by atoms with van der Waals surface area (Å²) in [6, 6.07) is 0. The second-order valence-electron chi connectivity index (χ2n) is 22.4. The lowest BCUT2D eigenvalue weighted by Gasteiger charge is -2.24. The maximum Gasteiger partial charge on any atom is 0.472 e. The standard InChI is InChI=1S/C72H120NO8P/c1-6-8-10-12-14-16-18-20-22-24-26-28-29-30-31-32-33-34-35-36-37-38-39-40-41-42-43-45-47-49-51-53-55-57-59-61-63-65-72(75)81-70(69-80-82(76,77)79-67-66-73(3,4)5)68-78-71(74)64-62-60-58-56-54-52-50-48-46-44-27-25-23-21-19-17-15-13-11-9-7-2/h8-11,14-17,20-23,26-28,30-31,33-34,36-37,44,48,50,70H,6-7,12-13,18-19,24-25,29,32,35,38-43,45-47,49,51-69H2,1-5H3/p+1/b10-8-,11-9-,16-14-,17-15-,22-20-,23-21-,28-26-,31-30-,34-33-,37-36-,44-27-,50-48-. The van der Waals surface area contributed by atoms with E-state index in [4.69, 9.17) is 18.5 Å². The second kappa shape index (κ2) is 61.5. The fourth-order valence-corrected chi connectivity index (χ4v) is 9.18. The molecule has 0 saturated heterocycles. The molecule has 466 valence electrons. The molecule has 2 atom stereocenters. The number of likely N-dealkylation sites (N-methyl/N-ethyl adjacent to an activating group) is 1. The number of rotatable bonds is 58. The number of carbonyl (C=O) groups is 2. The van der Waals surface area contributed by atoms with E-state index in [-0.39, 0.29) is 32.0 Å². The summed E-state index contributed by atoms with van der Waals surface area (Å²) in [5.41, 5.74) is 0. The lowest BCUT2D eigenvalue weighted by molar-refractivity contribution is -0.870. The van der Waals surface area contributed by atoms with E-state index in [1.165, 1.54) is 77.0 Å². The van der Waals surface area contributed by atoms with Crippen LogP contribution in [-0.2, 0) is 32.7 Å². The number of quaternary nitrogens is 1. The molecule has 0 aliphatic rings. The van der Waals surface area contributed by atoms with Gasteiger partial charge in [-0.05, 0) is 116 Å². The number of hydrogen-bond donors (Lipinski definition) is 1. The van der Waals surface area contributed by atoms with Crippen molar-refractivity contribution in [2.75, 3.05) is 47.5 Å². The van der Waals surface area contributed by atoms with Crippen LogP contribution < -0.4 is 0 Å². The van der Waals surface area contributed by atoms with Crippen molar-refractivity contribution in [3.63, 3.8) is 0 Å². The highest BCUT2D eigenvalue weighted by atomic mass is 31.2. The van der Waals surface area contributed by atoms with Gasteiger partial charge in [0.15, 0.2) is 6.10 Å². The SMILES string of the molecule is CC/C=C\C/C=C\C/C=C\C/C=C\C/C=C\C/C=C\C/C=C\CCCCCCCCCCCCCCCCCC(=O)OC(COC(=O)CCCCCCC/C=C\C/C=C\C/C=C\C/C=C\C/C=C\CC)COP(=O)(O)OCC[N+](C)(C)C. The van der Waals surface area contributed by atoms with Gasteiger partial charge in [-0.25, -0.2) is 4.57 Å². The fourth-order valence-electron chi connectivity index (χ4n) is 8.43. The van der Waals surface area contributed by atoms with Gasteiger partial charge in [-0.2, -0.15) is 0 Å². The number of unbranched alkanes of at least 4 members (excludes halogenated alkanes) is 20. The van der Waals surface area contributed by atoms with Crippen molar-refractivity contribution in [3.05, 3.63) is 146 Å². The quantitative estimate of drug-likeness (QED) is 0.0211. The molecule has 0 heterocycles. The van der Waals surface area contributed by atoms with Crippen molar-refractivity contribution in [2.45, 2.75) is 251 Å². The molecule has 1 N–H and O–H groups in total. The average Bonchev–Trinajstić information content (AvgIpc) is 3.46. The third-order valence-corrected chi connectivity index (χ3v) is 14.3. The third-order valence-electron chi connectivity index (χ3n) is 13.4. The van der Waals surface area contributed by atoms with Crippen molar-refractivity contribution in [1.29, 1.82) is 0 Å². The average molecular weight is 1160 g/mol. The van der Waals surface area contributed by atoms with Crippen LogP contribution in [0.1, 0.15) is 245 Å². The maximum atomic E-state index is 12.9. The van der Waals surface area contributed by atoms with Crippen LogP contribution in [-0.4, -0.2) is 74.9 Å². The van der Waals surface area contributed by atoms with Crippen LogP contribution in [0.2, 0.25) is 0 Å². The van der Waals surface area contributed by atoms with E-state index in [1.807, 2.05) is 21.1 Å². The first-order chi connectivity index (χ1) is 40.0. The van der Waals surface area contributed by atoms with Crippen LogP contribution in [0, 0.1) is 0 Å². The van der Waals surface area contributed by atoms with Crippen LogP contribution in [0.5, 0.6) is 0 Å². The normalized spacial score (nSPS) is 14.2. The summed E-state index contributed by atoms with van der Waals surface area (Å²) in [5, 5.41) is 0. The van der Waals surface area contributed by atoms with E-state index < -0.39 is 26.5 Å². The van der Waals surface area contributed by atoms with Crippen LogP contribution in [0.15, 0.2) is 146 Å². The summed E-state index contributed by atoms with van der Waals surface area (Å²) in [6.07, 6.45) is 90.8. The molecule has 0 rings (SSSR count). The first-order valence-corrected chi connectivity index (χ1v) is 34.1. The Balaban J connectivity index is 4.10. The minimum absolute atomic E-state index is 0.0216. The molecule has 0 aromatic heterocycles. The zero-order chi connectivity index (χ0) is 59.8. The largest absolute Gasteiger partial charge is 0.472 e. The highest BCUT2D eigenvalue weighted by Crippen LogP contribution is 2.43. The summed E-state index contributed by atoms with van der Waals surface area (Å²) >= 11 is 0. The topological polar surface area (TPSA) is 108 Å².